The number of carbonyl (C=O) groups is 3. The van der Waals surface area contributed by atoms with Gasteiger partial charge in [-0.15, -0.1) is 0 Å². The quantitative estimate of drug-likeness (QED) is 0.354. The van der Waals surface area contributed by atoms with E-state index in [1.165, 1.54) is 0 Å². The highest BCUT2D eigenvalue weighted by Crippen LogP contribution is 2.42. The van der Waals surface area contributed by atoms with E-state index in [1.54, 1.807) is 35.2 Å². The van der Waals surface area contributed by atoms with Crippen LogP contribution >= 0.6 is 15.9 Å². The molecular weight excluding hydrogens is 496 g/mol. The SMILES string of the molecule is Cc1[nH]c2ccccc2c1C1c2ccccc2C(=O)N1CC(=O)NNC(=O)c1ccc(Br)cc1. The van der Waals surface area contributed by atoms with Gasteiger partial charge in [0.05, 0.1) is 6.04 Å². The summed E-state index contributed by atoms with van der Waals surface area (Å²) in [5, 5.41) is 1.00. The molecule has 2 heterocycles. The van der Waals surface area contributed by atoms with Crippen molar-refractivity contribution >= 4 is 44.6 Å². The van der Waals surface area contributed by atoms with Gasteiger partial charge in [0.15, 0.2) is 0 Å². The Labute approximate surface area is 204 Å². The molecule has 0 bridgehead atoms. The third-order valence-electron chi connectivity index (χ3n) is 6.01. The molecule has 0 fully saturated rings. The van der Waals surface area contributed by atoms with Crippen molar-refractivity contribution in [1.82, 2.24) is 20.7 Å². The summed E-state index contributed by atoms with van der Waals surface area (Å²) in [5.74, 6) is -1.16. The Kier molecular flexibility index (Phi) is 5.67. The predicted octanol–water partition coefficient (Wildman–Crippen LogP) is 4.25. The molecule has 3 N–H and O–H groups in total. The fraction of sp³-hybridized carbons (Fsp3) is 0.115. The van der Waals surface area contributed by atoms with E-state index in [-0.39, 0.29) is 12.5 Å². The maximum Gasteiger partial charge on any atom is 0.269 e. The monoisotopic (exact) mass is 516 g/mol. The first-order valence-corrected chi connectivity index (χ1v) is 11.5. The number of carbonyl (C=O) groups excluding carboxylic acids is 3. The number of fused-ring (bicyclic) bond motifs is 2. The van der Waals surface area contributed by atoms with Gasteiger partial charge >= 0.3 is 0 Å². The Hall–Kier alpha value is -3.91. The van der Waals surface area contributed by atoms with Gasteiger partial charge in [-0.1, -0.05) is 52.3 Å². The van der Waals surface area contributed by atoms with Gasteiger partial charge in [0.25, 0.3) is 17.7 Å². The van der Waals surface area contributed by atoms with Crippen LogP contribution in [-0.4, -0.2) is 34.2 Å². The second-order valence-electron chi connectivity index (χ2n) is 8.14. The van der Waals surface area contributed by atoms with E-state index in [2.05, 4.69) is 31.8 Å². The van der Waals surface area contributed by atoms with Crippen molar-refractivity contribution in [1.29, 1.82) is 0 Å². The first kappa shape index (κ1) is 21.9. The van der Waals surface area contributed by atoms with Crippen LogP contribution in [0.15, 0.2) is 77.3 Å². The van der Waals surface area contributed by atoms with Crippen LogP contribution in [-0.2, 0) is 4.79 Å². The number of halogens is 1. The summed E-state index contributed by atoms with van der Waals surface area (Å²) < 4.78 is 0.846. The zero-order valence-corrected chi connectivity index (χ0v) is 19.8. The number of hydrogen-bond acceptors (Lipinski definition) is 3. The Bertz CT molecular complexity index is 1430. The second kappa shape index (κ2) is 8.79. The molecule has 1 aliphatic heterocycles. The molecule has 5 rings (SSSR count). The van der Waals surface area contributed by atoms with E-state index in [4.69, 9.17) is 0 Å². The molecule has 3 aromatic carbocycles. The van der Waals surface area contributed by atoms with Gasteiger partial charge in [0, 0.05) is 37.8 Å². The lowest BCUT2D eigenvalue weighted by molar-refractivity contribution is -0.122. The fourth-order valence-electron chi connectivity index (χ4n) is 4.49. The number of rotatable bonds is 4. The van der Waals surface area contributed by atoms with Gasteiger partial charge in [0.2, 0.25) is 0 Å². The first-order chi connectivity index (χ1) is 16.4. The Morgan fingerprint density at radius 2 is 1.68 bits per heavy atom. The van der Waals surface area contributed by atoms with Crippen LogP contribution in [0.2, 0.25) is 0 Å². The minimum Gasteiger partial charge on any atom is -0.358 e. The molecule has 0 spiro atoms. The topological polar surface area (TPSA) is 94.3 Å². The van der Waals surface area contributed by atoms with Gasteiger partial charge in [-0.3, -0.25) is 25.2 Å². The number of aromatic amines is 1. The molecular formula is C26H21BrN4O3. The van der Waals surface area contributed by atoms with Crippen molar-refractivity contribution in [3.05, 3.63) is 105 Å². The number of hydrogen-bond donors (Lipinski definition) is 3. The maximum atomic E-state index is 13.3. The molecule has 0 aliphatic carbocycles. The highest BCUT2D eigenvalue weighted by atomic mass is 79.9. The molecule has 8 heteroatoms. The molecule has 7 nitrogen and oxygen atoms in total. The Morgan fingerprint density at radius 3 is 2.47 bits per heavy atom. The van der Waals surface area contributed by atoms with Gasteiger partial charge in [-0.05, 0) is 48.9 Å². The number of benzene rings is 3. The van der Waals surface area contributed by atoms with E-state index >= 15 is 0 Å². The van der Waals surface area contributed by atoms with Crippen LogP contribution in [0.5, 0.6) is 0 Å². The largest absolute Gasteiger partial charge is 0.358 e. The van der Waals surface area contributed by atoms with E-state index in [1.807, 2.05) is 49.4 Å². The minimum atomic E-state index is -0.492. The number of para-hydroxylation sites is 1. The number of H-pyrrole nitrogens is 1. The summed E-state index contributed by atoms with van der Waals surface area (Å²) in [4.78, 5) is 43.4. The van der Waals surface area contributed by atoms with Crippen molar-refractivity contribution < 1.29 is 14.4 Å². The van der Waals surface area contributed by atoms with Crippen molar-refractivity contribution in [3.63, 3.8) is 0 Å². The highest BCUT2D eigenvalue weighted by molar-refractivity contribution is 9.10. The molecule has 1 unspecified atom stereocenters. The summed E-state index contributed by atoms with van der Waals surface area (Å²) in [5.41, 5.74) is 9.55. The average molecular weight is 517 g/mol. The summed E-state index contributed by atoms with van der Waals surface area (Å²) in [6.45, 7) is 1.76. The van der Waals surface area contributed by atoms with E-state index in [0.717, 1.165) is 32.2 Å². The lowest BCUT2D eigenvalue weighted by Gasteiger charge is -2.25. The van der Waals surface area contributed by atoms with E-state index in [0.29, 0.717) is 11.1 Å². The van der Waals surface area contributed by atoms with Crippen LogP contribution in [0.4, 0.5) is 0 Å². The average Bonchev–Trinajstić information content (AvgIpc) is 3.31. The van der Waals surface area contributed by atoms with Crippen LogP contribution in [0.3, 0.4) is 0 Å². The lowest BCUT2D eigenvalue weighted by Crippen LogP contribution is -2.47. The van der Waals surface area contributed by atoms with Crippen molar-refractivity contribution in [2.45, 2.75) is 13.0 Å². The van der Waals surface area contributed by atoms with Crippen LogP contribution in [0.25, 0.3) is 10.9 Å². The summed E-state index contributed by atoms with van der Waals surface area (Å²) in [6.07, 6.45) is 0. The van der Waals surface area contributed by atoms with Crippen molar-refractivity contribution in [2.75, 3.05) is 6.54 Å². The van der Waals surface area contributed by atoms with Gasteiger partial charge in [0.1, 0.15) is 6.54 Å². The van der Waals surface area contributed by atoms with Gasteiger partial charge < -0.3 is 9.88 Å². The normalized spacial score (nSPS) is 14.8. The molecule has 4 aromatic rings. The third kappa shape index (κ3) is 3.86. The molecule has 1 atom stereocenters. The number of hydrazine groups is 1. The standard InChI is InChI=1S/C26H21BrN4O3/c1-15-23(20-8-4-5-9-21(20)28-15)24-18-6-2-3-7-19(18)26(34)31(24)14-22(32)29-30-25(33)16-10-12-17(27)13-11-16/h2-13,24,28H,14H2,1H3,(H,29,32)(H,30,33). The van der Waals surface area contributed by atoms with Crippen LogP contribution in [0.1, 0.15) is 43.6 Å². The molecule has 0 radical (unpaired) electrons. The second-order valence-corrected chi connectivity index (χ2v) is 9.06. The van der Waals surface area contributed by atoms with Crippen molar-refractivity contribution in [2.24, 2.45) is 0 Å². The molecule has 3 amide bonds. The summed E-state index contributed by atoms with van der Waals surface area (Å²) in [6, 6.07) is 21.7. The minimum absolute atomic E-state index is 0.211. The Morgan fingerprint density at radius 1 is 0.971 bits per heavy atom. The molecule has 170 valence electrons. The number of aromatic nitrogens is 1. The number of nitrogens with zero attached hydrogens (tertiary/aromatic N) is 1. The highest BCUT2D eigenvalue weighted by Gasteiger charge is 2.40. The maximum absolute atomic E-state index is 13.3. The van der Waals surface area contributed by atoms with Gasteiger partial charge in [-0.25, -0.2) is 0 Å². The van der Waals surface area contributed by atoms with Gasteiger partial charge in [-0.2, -0.15) is 0 Å². The predicted molar refractivity (Wildman–Crippen MR) is 132 cm³/mol. The lowest BCUT2D eigenvalue weighted by atomic mass is 9.95. The Balaban J connectivity index is 1.41. The molecule has 34 heavy (non-hydrogen) atoms. The molecule has 1 aromatic heterocycles. The number of aryl methyl sites for hydroxylation is 1. The molecule has 0 saturated heterocycles. The molecule has 1 aliphatic rings. The van der Waals surface area contributed by atoms with E-state index in [9.17, 15) is 14.4 Å². The zero-order chi connectivity index (χ0) is 23.8. The fourth-order valence-corrected chi connectivity index (χ4v) is 4.75. The summed E-state index contributed by atoms with van der Waals surface area (Å²) >= 11 is 3.32. The van der Waals surface area contributed by atoms with E-state index < -0.39 is 17.9 Å². The first-order valence-electron chi connectivity index (χ1n) is 10.8. The van der Waals surface area contributed by atoms with Crippen LogP contribution < -0.4 is 10.9 Å². The number of amides is 3. The van der Waals surface area contributed by atoms with Crippen molar-refractivity contribution in [3.8, 4) is 0 Å². The third-order valence-corrected chi connectivity index (χ3v) is 6.54. The zero-order valence-electron chi connectivity index (χ0n) is 18.3. The smallest absolute Gasteiger partial charge is 0.269 e. The molecule has 0 saturated carbocycles. The number of nitrogens with one attached hydrogen (secondary N) is 3. The van der Waals surface area contributed by atoms with Crippen LogP contribution in [0, 0.1) is 6.92 Å². The summed E-state index contributed by atoms with van der Waals surface area (Å²) in [7, 11) is 0.